The van der Waals surface area contributed by atoms with E-state index >= 15 is 0 Å². The number of hydrogen-bond donors (Lipinski definition) is 0. The third-order valence-electron chi connectivity index (χ3n) is 9.12. The molecule has 40 heavy (non-hydrogen) atoms. The molecule has 0 saturated carbocycles. The Morgan fingerprint density at radius 3 is 2.42 bits per heavy atom. The van der Waals surface area contributed by atoms with Gasteiger partial charge in [0.25, 0.3) is 0 Å². The number of Topliss-reactive ketones (excluding diaryl/α,β-unsaturated/α-hetero) is 1. The third kappa shape index (κ3) is 8.46. The molecule has 0 N–H and O–H groups in total. The Kier molecular flexibility index (Phi) is 11.5. The highest BCUT2D eigenvalue weighted by Crippen LogP contribution is 2.37. The number of epoxide rings is 1. The molecule has 1 saturated heterocycles. The van der Waals surface area contributed by atoms with E-state index in [1.165, 1.54) is 6.08 Å². The van der Waals surface area contributed by atoms with Crippen molar-refractivity contribution in [1.29, 1.82) is 0 Å². The molecule has 0 radical (unpaired) electrons. The molecule has 0 spiro atoms. The SMILES string of the molecule is CC[Si](CC)(CC)O[C@H]1[C@@H](C)CCC[C@H]2O[C@H]2C[C@@H](/C(C)=C/c2csc(C)n2)OC(=O)/C=C/C(C)(C)C(=O)[C@@H]1C. The summed E-state index contributed by atoms with van der Waals surface area (Å²) in [5, 5.41) is 3.01. The van der Waals surface area contributed by atoms with Crippen molar-refractivity contribution in [1.82, 2.24) is 4.98 Å². The number of esters is 1. The minimum atomic E-state index is -1.93. The highest BCUT2D eigenvalue weighted by molar-refractivity contribution is 7.09. The quantitative estimate of drug-likeness (QED) is 0.183. The molecular weight excluding hydrogens is 539 g/mol. The Morgan fingerprint density at radius 2 is 1.82 bits per heavy atom. The summed E-state index contributed by atoms with van der Waals surface area (Å²) in [6, 6.07) is 3.15. The molecule has 6 nitrogen and oxygen atoms in total. The lowest BCUT2D eigenvalue weighted by molar-refractivity contribution is -0.141. The fourth-order valence-electron chi connectivity index (χ4n) is 6.03. The van der Waals surface area contributed by atoms with Crippen molar-refractivity contribution < 1.29 is 23.5 Å². The minimum absolute atomic E-state index is 0.0785. The van der Waals surface area contributed by atoms with E-state index in [0.29, 0.717) is 6.42 Å². The van der Waals surface area contributed by atoms with Gasteiger partial charge < -0.3 is 13.9 Å². The maximum atomic E-state index is 13.9. The summed E-state index contributed by atoms with van der Waals surface area (Å²) in [7, 11) is -1.93. The molecule has 1 aromatic heterocycles. The Bertz CT molecular complexity index is 1070. The molecule has 0 amide bonds. The van der Waals surface area contributed by atoms with Crippen LogP contribution < -0.4 is 0 Å². The van der Waals surface area contributed by atoms with Gasteiger partial charge in [0.1, 0.15) is 11.9 Å². The first-order valence-corrected chi connectivity index (χ1v) is 18.6. The lowest BCUT2D eigenvalue weighted by atomic mass is 9.76. The Hall–Kier alpha value is -1.61. The highest BCUT2D eigenvalue weighted by Gasteiger charge is 2.43. The summed E-state index contributed by atoms with van der Waals surface area (Å²) >= 11 is 1.60. The van der Waals surface area contributed by atoms with Crippen LogP contribution in [0.1, 0.15) is 91.8 Å². The van der Waals surface area contributed by atoms with E-state index in [0.717, 1.165) is 53.7 Å². The van der Waals surface area contributed by atoms with Gasteiger partial charge in [-0.25, -0.2) is 9.78 Å². The summed E-state index contributed by atoms with van der Waals surface area (Å²) in [5.41, 5.74) is 0.990. The fourth-order valence-corrected chi connectivity index (χ4v) is 9.61. The predicted molar refractivity (Wildman–Crippen MR) is 166 cm³/mol. The van der Waals surface area contributed by atoms with Crippen LogP contribution in [0, 0.1) is 24.2 Å². The lowest BCUT2D eigenvalue weighted by Gasteiger charge is -2.40. The molecule has 0 bridgehead atoms. The number of nitrogens with zero attached hydrogens (tertiary/aromatic N) is 1. The van der Waals surface area contributed by atoms with Crippen LogP contribution in [-0.4, -0.2) is 49.5 Å². The lowest BCUT2D eigenvalue weighted by Crippen LogP contribution is -2.47. The summed E-state index contributed by atoms with van der Waals surface area (Å²) in [5.74, 6) is -0.367. The van der Waals surface area contributed by atoms with Crippen LogP contribution in [0.4, 0.5) is 0 Å². The topological polar surface area (TPSA) is 78.0 Å². The predicted octanol–water partition coefficient (Wildman–Crippen LogP) is 7.92. The van der Waals surface area contributed by atoms with Crippen molar-refractivity contribution >= 4 is 37.5 Å². The largest absolute Gasteiger partial charge is 0.455 e. The van der Waals surface area contributed by atoms with E-state index < -0.39 is 25.8 Å². The number of ketones is 1. The second kappa shape index (κ2) is 14.0. The maximum absolute atomic E-state index is 13.9. The number of carbonyl (C=O) groups excluding carboxylic acids is 2. The van der Waals surface area contributed by atoms with E-state index in [9.17, 15) is 9.59 Å². The molecule has 0 aromatic carbocycles. The van der Waals surface area contributed by atoms with Crippen molar-refractivity contribution in [2.75, 3.05) is 0 Å². The zero-order valence-electron chi connectivity index (χ0n) is 26.1. The average Bonchev–Trinajstić information content (AvgIpc) is 3.53. The summed E-state index contributed by atoms with van der Waals surface area (Å²) in [6.45, 7) is 18.7. The number of rotatable bonds is 7. The molecule has 0 aliphatic carbocycles. The van der Waals surface area contributed by atoms with Crippen molar-refractivity contribution in [3.63, 3.8) is 0 Å². The average molecular weight is 590 g/mol. The minimum Gasteiger partial charge on any atom is -0.455 e. The van der Waals surface area contributed by atoms with E-state index in [1.807, 2.05) is 46.1 Å². The number of carbonyl (C=O) groups is 2. The summed E-state index contributed by atoms with van der Waals surface area (Å²) in [4.78, 5) is 31.5. The molecule has 224 valence electrons. The molecule has 0 unspecified atom stereocenters. The number of allylic oxidation sites excluding steroid dienone is 1. The number of hydrogen-bond acceptors (Lipinski definition) is 7. The van der Waals surface area contributed by atoms with Gasteiger partial charge >= 0.3 is 5.97 Å². The second-order valence-electron chi connectivity index (χ2n) is 12.5. The van der Waals surface area contributed by atoms with Crippen LogP contribution in [0.5, 0.6) is 0 Å². The van der Waals surface area contributed by atoms with E-state index in [2.05, 4.69) is 32.7 Å². The van der Waals surface area contributed by atoms with Crippen LogP contribution in [0.2, 0.25) is 18.1 Å². The monoisotopic (exact) mass is 589 g/mol. The number of cyclic esters (lactones) is 1. The standard InChI is InChI=1S/C32H51NO5SSi/c1-10-40(11-2,12-3)38-30-21(4)14-13-15-26-28(36-26)19-27(22(5)18-25-20-39-24(7)33-25)37-29(34)16-17-32(8,9)31(35)23(30)6/h16-18,20-21,23,26-28,30H,10-15,19H2,1-9H3/b17-16+,22-18+/t21-,23+,26+,27-,28-,30-/m0/s1. The maximum Gasteiger partial charge on any atom is 0.331 e. The number of ether oxygens (including phenoxy) is 2. The molecule has 2 aliphatic heterocycles. The van der Waals surface area contributed by atoms with Gasteiger partial charge in [0.05, 0.1) is 29.0 Å². The molecule has 3 heterocycles. The number of aromatic nitrogens is 1. The van der Waals surface area contributed by atoms with Crippen molar-refractivity contribution in [3.8, 4) is 0 Å². The molecule has 2 aliphatic rings. The first-order chi connectivity index (χ1) is 18.8. The second-order valence-corrected chi connectivity index (χ2v) is 18.3. The van der Waals surface area contributed by atoms with Gasteiger partial charge in [0.15, 0.2) is 8.32 Å². The van der Waals surface area contributed by atoms with Gasteiger partial charge in [-0.2, -0.15) is 0 Å². The molecule has 6 atom stereocenters. The fraction of sp³-hybridized carbons (Fsp3) is 0.719. The van der Waals surface area contributed by atoms with E-state index in [-0.39, 0.29) is 35.9 Å². The first kappa shape index (κ1) is 32.9. The van der Waals surface area contributed by atoms with Gasteiger partial charge in [0.2, 0.25) is 0 Å². The van der Waals surface area contributed by atoms with Crippen LogP contribution in [0.25, 0.3) is 6.08 Å². The third-order valence-corrected chi connectivity index (χ3v) is 14.5. The van der Waals surface area contributed by atoms with Gasteiger partial charge in [-0.3, -0.25) is 4.79 Å². The molecule has 1 aromatic rings. The summed E-state index contributed by atoms with van der Waals surface area (Å²) in [6.07, 6.45) is 8.44. The van der Waals surface area contributed by atoms with E-state index in [1.54, 1.807) is 17.4 Å². The zero-order chi connectivity index (χ0) is 29.7. The normalized spacial score (nSPS) is 31.4. The van der Waals surface area contributed by atoms with Gasteiger partial charge in [0, 0.05) is 29.2 Å². The smallest absolute Gasteiger partial charge is 0.331 e. The molecule has 3 rings (SSSR count). The van der Waals surface area contributed by atoms with Crippen LogP contribution in [0.15, 0.2) is 23.1 Å². The Balaban J connectivity index is 1.88. The first-order valence-electron chi connectivity index (χ1n) is 15.2. The van der Waals surface area contributed by atoms with Gasteiger partial charge in [-0.1, -0.05) is 47.1 Å². The van der Waals surface area contributed by atoms with Crippen LogP contribution in [-0.2, 0) is 23.5 Å². The summed E-state index contributed by atoms with van der Waals surface area (Å²) < 4.78 is 19.0. The van der Waals surface area contributed by atoms with E-state index in [4.69, 9.17) is 13.9 Å². The molecule has 8 heteroatoms. The van der Waals surface area contributed by atoms with Gasteiger partial charge in [-0.15, -0.1) is 11.3 Å². The molecular formula is C32H51NO5SSi. The zero-order valence-corrected chi connectivity index (χ0v) is 27.9. The van der Waals surface area contributed by atoms with Crippen molar-refractivity contribution in [3.05, 3.63) is 33.8 Å². The Morgan fingerprint density at radius 1 is 1.15 bits per heavy atom. The highest BCUT2D eigenvalue weighted by atomic mass is 32.1. The molecule has 1 fully saturated rings. The number of aryl methyl sites for hydroxylation is 1. The number of fused-ring (bicyclic) bond motifs is 1. The van der Waals surface area contributed by atoms with Crippen molar-refractivity contribution in [2.45, 2.75) is 131 Å². The number of thiazole rings is 1. The van der Waals surface area contributed by atoms with Crippen LogP contribution in [0.3, 0.4) is 0 Å². The van der Waals surface area contributed by atoms with Gasteiger partial charge in [-0.05, 0) is 76.2 Å². The Labute approximate surface area is 247 Å². The van der Waals surface area contributed by atoms with Crippen molar-refractivity contribution in [2.24, 2.45) is 17.3 Å². The van der Waals surface area contributed by atoms with Crippen LogP contribution >= 0.6 is 11.3 Å².